The van der Waals surface area contributed by atoms with Gasteiger partial charge in [-0.1, -0.05) is 0 Å². The summed E-state index contributed by atoms with van der Waals surface area (Å²) in [6, 6.07) is 1.91. The van der Waals surface area contributed by atoms with Gasteiger partial charge < -0.3 is 30.2 Å². The number of nitrogens with zero attached hydrogens (tertiary/aromatic N) is 2. The molecule has 0 radical (unpaired) electrons. The van der Waals surface area contributed by atoms with Crippen LogP contribution in [-0.2, 0) is 9.47 Å². The number of aliphatic imine (C=N–C) groups is 1. The van der Waals surface area contributed by atoms with Crippen molar-refractivity contribution in [1.82, 2.24) is 4.57 Å². The van der Waals surface area contributed by atoms with Crippen molar-refractivity contribution in [1.29, 1.82) is 0 Å². The predicted molar refractivity (Wildman–Crippen MR) is 65.0 cm³/mol. The molecule has 2 aliphatic rings. The Balaban J connectivity index is 1.90. The lowest BCUT2D eigenvalue weighted by atomic mass is 10.2. The molecule has 4 atom stereocenters. The maximum absolute atomic E-state index is 9.06. The first-order valence-corrected chi connectivity index (χ1v) is 5.87. The zero-order valence-corrected chi connectivity index (χ0v) is 9.98. The number of ether oxygens (including phenoxy) is 2. The Hall–Kier alpha value is -1.41. The number of aliphatic hydroxyl groups excluding tert-OH is 1. The van der Waals surface area contributed by atoms with Gasteiger partial charge >= 0.3 is 0 Å². The highest BCUT2D eigenvalue weighted by molar-refractivity contribution is 5.78. The topological polar surface area (TPSA) is 94.0 Å². The van der Waals surface area contributed by atoms with Gasteiger partial charge in [-0.15, -0.1) is 0 Å². The fourth-order valence-electron chi connectivity index (χ4n) is 2.31. The van der Waals surface area contributed by atoms with E-state index in [1.807, 2.05) is 23.8 Å². The maximum Gasteiger partial charge on any atom is 0.183 e. The first-order valence-electron chi connectivity index (χ1n) is 5.87. The van der Waals surface area contributed by atoms with E-state index in [-0.39, 0.29) is 25.1 Å². The van der Waals surface area contributed by atoms with E-state index in [9.17, 15) is 0 Å². The van der Waals surface area contributed by atoms with E-state index in [1.54, 1.807) is 6.34 Å². The van der Waals surface area contributed by atoms with Crippen molar-refractivity contribution in [3.8, 4) is 0 Å². The van der Waals surface area contributed by atoms with Gasteiger partial charge in [0, 0.05) is 11.8 Å². The van der Waals surface area contributed by atoms with E-state index in [2.05, 4.69) is 10.3 Å². The molecule has 7 nitrogen and oxygen atoms in total. The van der Waals surface area contributed by atoms with Crippen LogP contribution < -0.4 is 11.1 Å². The molecule has 1 aromatic rings. The number of hydrogen-bond acceptors (Lipinski definition) is 6. The van der Waals surface area contributed by atoms with Gasteiger partial charge in [-0.2, -0.15) is 0 Å². The maximum atomic E-state index is 9.06. The van der Waals surface area contributed by atoms with Crippen LogP contribution in [0.15, 0.2) is 17.3 Å². The number of aliphatic hydroxyl groups is 1. The van der Waals surface area contributed by atoms with Crippen molar-refractivity contribution in [3.63, 3.8) is 0 Å². The normalized spacial score (nSPS) is 34.4. The molecule has 0 spiro atoms. The van der Waals surface area contributed by atoms with Gasteiger partial charge in [-0.25, -0.2) is 0 Å². The third-order valence-electron chi connectivity index (χ3n) is 3.18. The third kappa shape index (κ3) is 1.72. The highest BCUT2D eigenvalue weighted by atomic mass is 16.7. The fraction of sp³-hybridized carbons (Fsp3) is 0.545. The molecule has 0 amide bonds. The number of fused-ring (bicyclic) bond motifs is 1. The summed E-state index contributed by atoms with van der Waals surface area (Å²) < 4.78 is 13.0. The largest absolute Gasteiger partial charge is 0.391 e. The number of nitrogens with one attached hydrogen (secondary N) is 1. The zero-order chi connectivity index (χ0) is 12.7. The SMILES string of the molecule is C[C@H]1O[C@@H](CO)O[C@H]1n1ccc2c1NC=NC2N. The molecule has 3 heterocycles. The molecule has 1 fully saturated rings. The minimum Gasteiger partial charge on any atom is -0.391 e. The molecular formula is C11H16N4O3. The molecule has 1 unspecified atom stereocenters. The second-order valence-corrected chi connectivity index (χ2v) is 4.37. The van der Waals surface area contributed by atoms with Gasteiger partial charge in [0.25, 0.3) is 0 Å². The van der Waals surface area contributed by atoms with Gasteiger partial charge in [-0.3, -0.25) is 4.99 Å². The number of anilines is 1. The predicted octanol–water partition coefficient (Wildman–Crippen LogP) is 0.151. The van der Waals surface area contributed by atoms with Crippen LogP contribution in [0.25, 0.3) is 0 Å². The van der Waals surface area contributed by atoms with Crippen LogP contribution in [0.3, 0.4) is 0 Å². The van der Waals surface area contributed by atoms with Gasteiger partial charge in [0.2, 0.25) is 0 Å². The van der Waals surface area contributed by atoms with Crippen molar-refractivity contribution >= 4 is 12.2 Å². The summed E-state index contributed by atoms with van der Waals surface area (Å²) in [6.07, 6.45) is 2.11. The fourth-order valence-corrected chi connectivity index (χ4v) is 2.31. The molecule has 4 N–H and O–H groups in total. The molecule has 18 heavy (non-hydrogen) atoms. The first-order chi connectivity index (χ1) is 8.70. The van der Waals surface area contributed by atoms with E-state index in [0.29, 0.717) is 0 Å². The lowest BCUT2D eigenvalue weighted by molar-refractivity contribution is -0.102. The third-order valence-corrected chi connectivity index (χ3v) is 3.18. The summed E-state index contributed by atoms with van der Waals surface area (Å²) in [6.45, 7) is 1.75. The highest BCUT2D eigenvalue weighted by Crippen LogP contribution is 2.35. The molecule has 1 saturated heterocycles. The van der Waals surface area contributed by atoms with Crippen LogP contribution in [0.4, 0.5) is 5.82 Å². The second-order valence-electron chi connectivity index (χ2n) is 4.37. The van der Waals surface area contributed by atoms with Crippen molar-refractivity contribution in [2.45, 2.75) is 31.7 Å². The molecule has 0 saturated carbocycles. The van der Waals surface area contributed by atoms with E-state index in [4.69, 9.17) is 20.3 Å². The molecule has 0 aromatic carbocycles. The van der Waals surface area contributed by atoms with Crippen LogP contribution in [0.1, 0.15) is 24.9 Å². The lowest BCUT2D eigenvalue weighted by Crippen LogP contribution is -2.22. The summed E-state index contributed by atoms with van der Waals surface area (Å²) in [5.74, 6) is 0.858. The van der Waals surface area contributed by atoms with Crippen LogP contribution in [-0.4, -0.2) is 35.0 Å². The van der Waals surface area contributed by atoms with Crippen molar-refractivity contribution in [2.24, 2.45) is 10.7 Å². The minimum absolute atomic E-state index is 0.143. The summed E-state index contributed by atoms with van der Waals surface area (Å²) in [5.41, 5.74) is 6.80. The molecule has 7 heteroatoms. The van der Waals surface area contributed by atoms with Gasteiger partial charge in [0.15, 0.2) is 12.5 Å². The molecule has 3 rings (SSSR count). The average molecular weight is 252 g/mol. The second kappa shape index (κ2) is 4.36. The molecule has 98 valence electrons. The van der Waals surface area contributed by atoms with E-state index in [1.165, 1.54) is 0 Å². The average Bonchev–Trinajstić information content (AvgIpc) is 2.93. The Morgan fingerprint density at radius 1 is 1.56 bits per heavy atom. The van der Waals surface area contributed by atoms with Gasteiger partial charge in [0.1, 0.15) is 18.1 Å². The minimum atomic E-state index is -0.575. The zero-order valence-electron chi connectivity index (χ0n) is 9.98. The molecular weight excluding hydrogens is 236 g/mol. The molecule has 1 aromatic heterocycles. The summed E-state index contributed by atoms with van der Waals surface area (Å²) in [5, 5.41) is 12.1. The number of hydrogen-bond donors (Lipinski definition) is 3. The summed E-state index contributed by atoms with van der Waals surface area (Å²) in [4.78, 5) is 4.08. The Kier molecular flexibility index (Phi) is 2.83. The Morgan fingerprint density at radius 3 is 3.11 bits per heavy atom. The molecule has 0 bridgehead atoms. The number of rotatable bonds is 2. The van der Waals surface area contributed by atoms with Crippen LogP contribution in [0.2, 0.25) is 0 Å². The first kappa shape index (κ1) is 11.7. The summed E-state index contributed by atoms with van der Waals surface area (Å²) in [7, 11) is 0. The molecule has 2 aliphatic heterocycles. The van der Waals surface area contributed by atoms with E-state index < -0.39 is 6.29 Å². The van der Waals surface area contributed by atoms with Crippen molar-refractivity contribution < 1.29 is 14.6 Å². The van der Waals surface area contributed by atoms with Crippen molar-refractivity contribution in [2.75, 3.05) is 11.9 Å². The van der Waals surface area contributed by atoms with Gasteiger partial charge in [0.05, 0.1) is 12.9 Å². The number of aromatic nitrogens is 1. The quantitative estimate of drug-likeness (QED) is 0.696. The smallest absolute Gasteiger partial charge is 0.183 e. The standard InChI is InChI=1S/C11H16N4O3/c1-6-11(18-8(4-16)17-6)15-3-2-7-9(12)13-5-14-10(7)15/h2-3,5-6,8-9,11,16H,4,12H2,1H3,(H,13,14)/t6-,8-,9?,11-/m1/s1. The Labute approximate surface area is 104 Å². The highest BCUT2D eigenvalue weighted by Gasteiger charge is 2.35. The molecule has 0 aliphatic carbocycles. The number of nitrogens with two attached hydrogens (primary N) is 1. The van der Waals surface area contributed by atoms with E-state index >= 15 is 0 Å². The van der Waals surface area contributed by atoms with Crippen molar-refractivity contribution in [3.05, 3.63) is 17.8 Å². The van der Waals surface area contributed by atoms with Gasteiger partial charge in [-0.05, 0) is 13.0 Å². The lowest BCUT2D eigenvalue weighted by Gasteiger charge is -2.21. The monoisotopic (exact) mass is 252 g/mol. The van der Waals surface area contributed by atoms with Crippen LogP contribution >= 0.6 is 0 Å². The van der Waals surface area contributed by atoms with E-state index in [0.717, 1.165) is 11.4 Å². The Bertz CT molecular complexity index is 473. The van der Waals surface area contributed by atoms with Crippen LogP contribution in [0, 0.1) is 0 Å². The summed E-state index contributed by atoms with van der Waals surface area (Å²) >= 11 is 0. The Morgan fingerprint density at radius 2 is 2.39 bits per heavy atom. The van der Waals surface area contributed by atoms with Crippen LogP contribution in [0.5, 0.6) is 0 Å².